The quantitative estimate of drug-likeness (QED) is 0.804. The Balaban J connectivity index is 1.37. The lowest BCUT2D eigenvalue weighted by Crippen LogP contribution is -2.56. The maximum Gasteiger partial charge on any atom is 0.342 e. The van der Waals surface area contributed by atoms with Gasteiger partial charge in [-0.2, -0.15) is 0 Å². The van der Waals surface area contributed by atoms with Crippen molar-refractivity contribution >= 4 is 23.5 Å². The topological polar surface area (TPSA) is 85.0 Å². The Labute approximate surface area is 151 Å². The molecule has 0 aromatic heterocycles. The van der Waals surface area contributed by atoms with Crippen molar-refractivity contribution < 1.29 is 14.4 Å². The number of hydrazine groups is 1. The van der Waals surface area contributed by atoms with Crippen molar-refractivity contribution in [1.82, 2.24) is 20.7 Å². The molecule has 3 saturated heterocycles. The number of carbonyl (C=O) groups is 3. The first-order valence-corrected chi connectivity index (χ1v) is 9.15. The fraction of sp³-hybridized carbons (Fsp3) is 0.500. The molecular weight excluding hydrogens is 334 g/mol. The Morgan fingerprint density at radius 2 is 1.77 bits per heavy atom. The minimum atomic E-state index is -0.527. The molecule has 8 nitrogen and oxygen atoms in total. The van der Waals surface area contributed by atoms with Crippen LogP contribution in [0.25, 0.3) is 0 Å². The van der Waals surface area contributed by atoms with Gasteiger partial charge in [0.2, 0.25) is 5.91 Å². The van der Waals surface area contributed by atoms with Gasteiger partial charge in [-0.3, -0.25) is 14.9 Å². The molecule has 2 bridgehead atoms. The van der Waals surface area contributed by atoms with E-state index in [9.17, 15) is 14.4 Å². The molecule has 3 fully saturated rings. The van der Waals surface area contributed by atoms with Gasteiger partial charge >= 0.3 is 6.03 Å². The average Bonchev–Trinajstić information content (AvgIpc) is 3.13. The van der Waals surface area contributed by atoms with Gasteiger partial charge in [-0.1, -0.05) is 0 Å². The van der Waals surface area contributed by atoms with Crippen LogP contribution in [0.15, 0.2) is 18.2 Å². The van der Waals surface area contributed by atoms with Crippen molar-refractivity contribution in [2.45, 2.75) is 37.9 Å². The van der Waals surface area contributed by atoms with Crippen LogP contribution < -0.4 is 15.5 Å². The fourth-order valence-electron chi connectivity index (χ4n) is 4.48. The van der Waals surface area contributed by atoms with E-state index >= 15 is 0 Å². The van der Waals surface area contributed by atoms with E-state index in [2.05, 4.69) is 21.6 Å². The summed E-state index contributed by atoms with van der Waals surface area (Å²) < 4.78 is 0. The molecule has 136 valence electrons. The summed E-state index contributed by atoms with van der Waals surface area (Å²) in [7, 11) is 0. The SMILES string of the molecule is O=C1CCN(N2Cc3cc(N4CC5CCC(C4)N5)ccc3C2=O)C(=O)N1. The second kappa shape index (κ2) is 5.70. The number of nitrogens with one attached hydrogen (secondary N) is 2. The maximum absolute atomic E-state index is 12.7. The molecule has 26 heavy (non-hydrogen) atoms. The summed E-state index contributed by atoms with van der Waals surface area (Å²) in [5, 5.41) is 8.68. The standard InChI is InChI=1S/C18H21N5O3/c24-16-5-6-22(18(26)20-16)23-8-11-7-14(3-4-15(11)17(23)25)21-9-12-1-2-13(10-21)19-12/h3-4,7,12-13,19H,1-2,5-6,8-10H2,(H,20,24,26). The van der Waals surface area contributed by atoms with E-state index in [4.69, 9.17) is 0 Å². The summed E-state index contributed by atoms with van der Waals surface area (Å²) in [5.41, 5.74) is 2.70. The lowest BCUT2D eigenvalue weighted by atomic mass is 10.1. The van der Waals surface area contributed by atoms with Crippen molar-refractivity contribution in [3.05, 3.63) is 29.3 Å². The van der Waals surface area contributed by atoms with E-state index in [0.717, 1.165) is 24.3 Å². The minimum Gasteiger partial charge on any atom is -0.368 e. The summed E-state index contributed by atoms with van der Waals surface area (Å²) in [6, 6.07) is 6.52. The molecular formula is C18H21N5O3. The Hall–Kier alpha value is -2.61. The van der Waals surface area contributed by atoms with Gasteiger partial charge in [0, 0.05) is 42.8 Å². The number of fused-ring (bicyclic) bond motifs is 3. The first-order valence-electron chi connectivity index (χ1n) is 9.15. The van der Waals surface area contributed by atoms with Gasteiger partial charge in [-0.25, -0.2) is 14.8 Å². The van der Waals surface area contributed by atoms with Gasteiger partial charge in [0.15, 0.2) is 0 Å². The number of nitrogens with zero attached hydrogens (tertiary/aromatic N) is 3. The number of imide groups is 1. The van der Waals surface area contributed by atoms with Crippen molar-refractivity contribution in [2.24, 2.45) is 0 Å². The lowest BCUT2D eigenvalue weighted by molar-refractivity contribution is -0.123. The van der Waals surface area contributed by atoms with Crippen molar-refractivity contribution in [3.63, 3.8) is 0 Å². The second-order valence-electron chi connectivity index (χ2n) is 7.47. The first kappa shape index (κ1) is 15.6. The molecule has 1 aromatic rings. The smallest absolute Gasteiger partial charge is 0.342 e. The molecule has 0 spiro atoms. The van der Waals surface area contributed by atoms with Crippen LogP contribution in [0.4, 0.5) is 10.5 Å². The third-order valence-corrected chi connectivity index (χ3v) is 5.78. The maximum atomic E-state index is 12.7. The fourth-order valence-corrected chi connectivity index (χ4v) is 4.48. The van der Waals surface area contributed by atoms with Gasteiger partial charge in [0.25, 0.3) is 5.91 Å². The zero-order valence-electron chi connectivity index (χ0n) is 14.4. The number of hydrogen-bond donors (Lipinski definition) is 2. The summed E-state index contributed by atoms with van der Waals surface area (Å²) >= 11 is 0. The summed E-state index contributed by atoms with van der Waals surface area (Å²) in [6.45, 7) is 2.58. The summed E-state index contributed by atoms with van der Waals surface area (Å²) in [4.78, 5) is 38.5. The van der Waals surface area contributed by atoms with Crippen molar-refractivity contribution in [1.29, 1.82) is 0 Å². The Kier molecular flexibility index (Phi) is 3.43. The van der Waals surface area contributed by atoms with Gasteiger partial charge in [0.05, 0.1) is 13.1 Å². The first-order chi connectivity index (χ1) is 12.6. The van der Waals surface area contributed by atoms with E-state index in [0.29, 0.717) is 24.2 Å². The number of urea groups is 1. The zero-order chi connectivity index (χ0) is 17.8. The highest BCUT2D eigenvalue weighted by Gasteiger charge is 2.38. The lowest BCUT2D eigenvalue weighted by Gasteiger charge is -2.34. The molecule has 0 aliphatic carbocycles. The number of amides is 4. The molecule has 8 heteroatoms. The number of rotatable bonds is 2. The van der Waals surface area contributed by atoms with E-state index in [1.54, 1.807) is 0 Å². The Bertz CT molecular complexity index is 798. The summed E-state index contributed by atoms with van der Waals surface area (Å²) in [5.74, 6) is -0.484. The molecule has 0 saturated carbocycles. The molecule has 4 amide bonds. The Morgan fingerprint density at radius 3 is 2.50 bits per heavy atom. The van der Waals surface area contributed by atoms with Crippen LogP contribution in [-0.2, 0) is 11.3 Å². The molecule has 4 heterocycles. The molecule has 1 aromatic carbocycles. The Morgan fingerprint density at radius 1 is 1.00 bits per heavy atom. The van der Waals surface area contributed by atoms with Gasteiger partial charge in [0.1, 0.15) is 0 Å². The van der Waals surface area contributed by atoms with Crippen LogP contribution in [0, 0.1) is 0 Å². The second-order valence-corrected chi connectivity index (χ2v) is 7.47. The normalized spacial score (nSPS) is 27.8. The highest BCUT2D eigenvalue weighted by Crippen LogP contribution is 2.31. The predicted molar refractivity (Wildman–Crippen MR) is 93.3 cm³/mol. The summed E-state index contributed by atoms with van der Waals surface area (Å²) in [6.07, 6.45) is 2.66. The largest absolute Gasteiger partial charge is 0.368 e. The number of anilines is 1. The van der Waals surface area contributed by atoms with Gasteiger partial charge in [-0.05, 0) is 36.6 Å². The van der Waals surface area contributed by atoms with Crippen molar-refractivity contribution in [2.75, 3.05) is 24.5 Å². The number of piperazine rings is 1. The van der Waals surface area contributed by atoms with E-state index in [1.807, 2.05) is 12.1 Å². The zero-order valence-corrected chi connectivity index (χ0v) is 14.4. The third-order valence-electron chi connectivity index (χ3n) is 5.78. The van der Waals surface area contributed by atoms with Gasteiger partial charge < -0.3 is 10.2 Å². The number of carbonyl (C=O) groups excluding carboxylic acids is 3. The number of benzene rings is 1. The molecule has 0 radical (unpaired) electrons. The molecule has 2 N–H and O–H groups in total. The van der Waals surface area contributed by atoms with Crippen LogP contribution in [0.1, 0.15) is 35.2 Å². The van der Waals surface area contributed by atoms with Crippen LogP contribution in [-0.4, -0.2) is 59.6 Å². The van der Waals surface area contributed by atoms with E-state index in [-0.39, 0.29) is 24.8 Å². The van der Waals surface area contributed by atoms with Crippen LogP contribution in [0.3, 0.4) is 0 Å². The van der Waals surface area contributed by atoms with Gasteiger partial charge in [-0.15, -0.1) is 0 Å². The van der Waals surface area contributed by atoms with E-state index in [1.165, 1.54) is 22.9 Å². The molecule has 2 unspecified atom stereocenters. The molecule has 5 rings (SSSR count). The molecule has 4 aliphatic rings. The van der Waals surface area contributed by atoms with Crippen LogP contribution in [0.2, 0.25) is 0 Å². The molecule has 4 aliphatic heterocycles. The average molecular weight is 355 g/mol. The highest BCUT2D eigenvalue weighted by molar-refractivity contribution is 6.02. The third kappa shape index (κ3) is 2.44. The van der Waals surface area contributed by atoms with Crippen LogP contribution in [0.5, 0.6) is 0 Å². The minimum absolute atomic E-state index is 0.184. The predicted octanol–water partition coefficient (Wildman–Crippen LogP) is 0.440. The van der Waals surface area contributed by atoms with Crippen molar-refractivity contribution in [3.8, 4) is 0 Å². The highest BCUT2D eigenvalue weighted by atomic mass is 16.2. The van der Waals surface area contributed by atoms with E-state index < -0.39 is 6.03 Å². The monoisotopic (exact) mass is 355 g/mol. The van der Waals surface area contributed by atoms with Crippen LogP contribution >= 0.6 is 0 Å². The number of hydrogen-bond acceptors (Lipinski definition) is 5. The molecule has 2 atom stereocenters.